The number of fused-ring (bicyclic) bond motifs is 1. The maximum Gasteiger partial charge on any atom is 0.264 e. The van der Waals surface area contributed by atoms with E-state index < -0.39 is 16.1 Å². The number of benzene rings is 3. The second kappa shape index (κ2) is 9.95. The van der Waals surface area contributed by atoms with Crippen LogP contribution in [0.5, 0.6) is 11.5 Å². The molecule has 0 saturated carbocycles. The molecule has 0 aliphatic carbocycles. The van der Waals surface area contributed by atoms with Gasteiger partial charge in [-0.15, -0.1) is 0 Å². The molecule has 0 aromatic heterocycles. The van der Waals surface area contributed by atoms with Crippen molar-refractivity contribution in [2.75, 3.05) is 24.5 Å². The van der Waals surface area contributed by atoms with Crippen LogP contribution in [0.2, 0.25) is 5.02 Å². The van der Waals surface area contributed by atoms with Gasteiger partial charge in [-0.25, -0.2) is 8.42 Å². The number of hydrogen-bond acceptors (Lipinski definition) is 5. The first-order valence-corrected chi connectivity index (χ1v) is 12.6. The van der Waals surface area contributed by atoms with Crippen LogP contribution in [0.1, 0.15) is 11.1 Å². The molecule has 1 unspecified atom stereocenters. The summed E-state index contributed by atoms with van der Waals surface area (Å²) < 4.78 is 39.3. The van der Waals surface area contributed by atoms with Gasteiger partial charge in [0, 0.05) is 11.6 Å². The van der Waals surface area contributed by atoms with E-state index in [1.54, 1.807) is 36.4 Å². The first-order chi connectivity index (χ1) is 16.3. The fourth-order valence-corrected chi connectivity index (χ4v) is 5.30. The van der Waals surface area contributed by atoms with Crippen LogP contribution >= 0.6 is 11.6 Å². The normalized spacial score (nSPS) is 15.3. The molecular formula is C25H25ClN2O5S. The first-order valence-electron chi connectivity index (χ1n) is 10.7. The third-order valence-electron chi connectivity index (χ3n) is 5.55. The first kappa shape index (κ1) is 23.9. The van der Waals surface area contributed by atoms with E-state index in [-0.39, 0.29) is 17.3 Å². The molecule has 0 bridgehead atoms. The quantitative estimate of drug-likeness (QED) is 0.530. The van der Waals surface area contributed by atoms with Crippen molar-refractivity contribution in [2.24, 2.45) is 0 Å². The van der Waals surface area contributed by atoms with E-state index in [2.05, 4.69) is 5.32 Å². The Morgan fingerprint density at radius 2 is 1.82 bits per heavy atom. The van der Waals surface area contributed by atoms with Crippen molar-refractivity contribution >= 4 is 33.2 Å². The zero-order chi connectivity index (χ0) is 24.3. The molecule has 1 heterocycles. The van der Waals surface area contributed by atoms with Gasteiger partial charge in [-0.2, -0.15) is 0 Å². The fourth-order valence-electron chi connectivity index (χ4n) is 3.70. The molecular weight excluding hydrogens is 476 g/mol. The summed E-state index contributed by atoms with van der Waals surface area (Å²) >= 11 is 5.91. The van der Waals surface area contributed by atoms with Crippen LogP contribution in [-0.2, 0) is 21.2 Å². The van der Waals surface area contributed by atoms with Gasteiger partial charge in [-0.3, -0.25) is 9.10 Å². The molecule has 178 valence electrons. The third-order valence-corrected chi connectivity index (χ3v) is 7.60. The van der Waals surface area contributed by atoms with Crippen LogP contribution in [0.15, 0.2) is 71.6 Å². The van der Waals surface area contributed by atoms with Crippen molar-refractivity contribution in [3.05, 3.63) is 82.9 Å². The molecule has 3 aromatic rings. The van der Waals surface area contributed by atoms with Crippen molar-refractivity contribution in [1.82, 2.24) is 5.32 Å². The summed E-state index contributed by atoms with van der Waals surface area (Å²) in [5.41, 5.74) is 2.31. The number of ether oxygens (including phenoxy) is 2. The summed E-state index contributed by atoms with van der Waals surface area (Å²) in [7, 11) is -2.43. The lowest BCUT2D eigenvalue weighted by Gasteiger charge is -2.35. The van der Waals surface area contributed by atoms with Gasteiger partial charge < -0.3 is 14.8 Å². The number of carbonyl (C=O) groups excluding carboxylic acids is 1. The summed E-state index contributed by atoms with van der Waals surface area (Å²) in [5.74, 6) is 0.520. The highest BCUT2D eigenvalue weighted by molar-refractivity contribution is 7.92. The number of aryl methyl sites for hydroxylation is 1. The molecule has 0 fully saturated rings. The van der Waals surface area contributed by atoms with Crippen molar-refractivity contribution in [3.63, 3.8) is 0 Å². The van der Waals surface area contributed by atoms with Gasteiger partial charge in [0.05, 0.1) is 24.2 Å². The molecule has 7 nitrogen and oxygen atoms in total. The molecule has 0 saturated heterocycles. The van der Waals surface area contributed by atoms with E-state index in [4.69, 9.17) is 21.1 Å². The van der Waals surface area contributed by atoms with Gasteiger partial charge in [0.1, 0.15) is 11.5 Å². The van der Waals surface area contributed by atoms with E-state index in [0.717, 1.165) is 11.1 Å². The van der Waals surface area contributed by atoms with Gasteiger partial charge in [0.15, 0.2) is 6.10 Å². The topological polar surface area (TPSA) is 84.9 Å². The molecule has 4 rings (SSSR count). The van der Waals surface area contributed by atoms with Crippen LogP contribution in [0.25, 0.3) is 0 Å². The van der Waals surface area contributed by atoms with Crippen molar-refractivity contribution in [2.45, 2.75) is 24.3 Å². The molecule has 1 atom stereocenters. The second-order valence-electron chi connectivity index (χ2n) is 7.96. The van der Waals surface area contributed by atoms with Crippen LogP contribution < -0.4 is 19.1 Å². The Bertz CT molecular complexity index is 1280. The third kappa shape index (κ3) is 5.13. The van der Waals surface area contributed by atoms with Gasteiger partial charge in [0.25, 0.3) is 15.9 Å². The molecule has 0 spiro atoms. The zero-order valence-corrected chi connectivity index (χ0v) is 20.4. The zero-order valence-electron chi connectivity index (χ0n) is 18.8. The minimum Gasteiger partial charge on any atom is -0.497 e. The molecule has 1 aliphatic heterocycles. The molecule has 1 N–H and O–H groups in total. The smallest absolute Gasteiger partial charge is 0.264 e. The van der Waals surface area contributed by atoms with Crippen LogP contribution in [0.4, 0.5) is 5.69 Å². The lowest BCUT2D eigenvalue weighted by atomic mass is 10.1. The number of methoxy groups -OCH3 is 1. The van der Waals surface area contributed by atoms with E-state index in [9.17, 15) is 13.2 Å². The summed E-state index contributed by atoms with van der Waals surface area (Å²) in [4.78, 5) is 13.0. The summed E-state index contributed by atoms with van der Waals surface area (Å²) in [6, 6.07) is 18.8. The van der Waals surface area contributed by atoms with Crippen LogP contribution in [0, 0.1) is 6.92 Å². The number of hydrogen-bond donors (Lipinski definition) is 1. The average Bonchev–Trinajstić information content (AvgIpc) is 2.84. The van der Waals surface area contributed by atoms with Gasteiger partial charge in [-0.1, -0.05) is 29.8 Å². The van der Waals surface area contributed by atoms with Crippen LogP contribution in [-0.4, -0.2) is 40.6 Å². The highest BCUT2D eigenvalue weighted by Crippen LogP contribution is 2.38. The monoisotopic (exact) mass is 500 g/mol. The Hall–Kier alpha value is -3.23. The largest absolute Gasteiger partial charge is 0.497 e. The molecule has 0 radical (unpaired) electrons. The molecule has 9 heteroatoms. The Morgan fingerprint density at radius 1 is 1.12 bits per heavy atom. The summed E-state index contributed by atoms with van der Waals surface area (Å²) in [5, 5.41) is 3.50. The van der Waals surface area contributed by atoms with Crippen molar-refractivity contribution in [1.29, 1.82) is 0 Å². The number of nitrogens with zero attached hydrogens (tertiary/aromatic N) is 1. The average molecular weight is 501 g/mol. The Labute approximate surface area is 204 Å². The van der Waals surface area contributed by atoms with Gasteiger partial charge in [0.2, 0.25) is 0 Å². The second-order valence-corrected chi connectivity index (χ2v) is 10.3. The number of carbonyl (C=O) groups is 1. The van der Waals surface area contributed by atoms with Crippen molar-refractivity contribution in [3.8, 4) is 11.5 Å². The Morgan fingerprint density at radius 3 is 2.50 bits per heavy atom. The maximum absolute atomic E-state index is 13.5. The summed E-state index contributed by atoms with van der Waals surface area (Å²) in [6.07, 6.45) is -0.383. The minimum atomic E-state index is -3.94. The maximum atomic E-state index is 13.5. The van der Waals surface area contributed by atoms with E-state index in [1.165, 1.54) is 23.5 Å². The minimum absolute atomic E-state index is 0.101. The Kier molecular flexibility index (Phi) is 7.00. The SMILES string of the molecule is COc1ccc(S(=O)(=O)N2CC(C(=O)NCCc3ccc(Cl)cc3)Oc3cc(C)ccc32)cc1. The predicted molar refractivity (Wildman–Crippen MR) is 131 cm³/mol. The molecule has 34 heavy (non-hydrogen) atoms. The number of rotatable bonds is 7. The number of amides is 1. The number of halogens is 1. The molecule has 1 aliphatic rings. The number of anilines is 1. The van der Waals surface area contributed by atoms with E-state index >= 15 is 0 Å². The highest BCUT2D eigenvalue weighted by atomic mass is 35.5. The molecule has 3 aromatic carbocycles. The van der Waals surface area contributed by atoms with Crippen LogP contribution in [0.3, 0.4) is 0 Å². The Balaban J connectivity index is 1.55. The van der Waals surface area contributed by atoms with E-state index in [1.807, 2.05) is 25.1 Å². The number of nitrogens with one attached hydrogen (secondary N) is 1. The fraction of sp³-hybridized carbons (Fsp3) is 0.240. The van der Waals surface area contributed by atoms with Crippen molar-refractivity contribution < 1.29 is 22.7 Å². The standard InChI is InChI=1S/C25H25ClN2O5S/c1-17-3-12-22-23(15-17)33-24(25(29)27-14-13-18-4-6-19(26)7-5-18)16-28(22)34(30,31)21-10-8-20(32-2)9-11-21/h3-12,15,24H,13-14,16H2,1-2H3,(H,27,29). The summed E-state index contributed by atoms with van der Waals surface area (Å²) in [6.45, 7) is 2.12. The molecule has 1 amide bonds. The van der Waals surface area contributed by atoms with Gasteiger partial charge in [-0.05, 0) is 73.0 Å². The highest BCUT2D eigenvalue weighted by Gasteiger charge is 2.37. The van der Waals surface area contributed by atoms with E-state index in [0.29, 0.717) is 35.2 Å². The lowest BCUT2D eigenvalue weighted by molar-refractivity contribution is -0.127. The van der Waals surface area contributed by atoms with Gasteiger partial charge >= 0.3 is 0 Å². The lowest BCUT2D eigenvalue weighted by Crippen LogP contribution is -2.51. The predicted octanol–water partition coefficient (Wildman–Crippen LogP) is 3.97. The number of sulfonamides is 1.